The average Bonchev–Trinajstić information content (AvgIpc) is 3.19. The van der Waals surface area contributed by atoms with Gasteiger partial charge in [0.2, 0.25) is 0 Å². The first-order valence-electron chi connectivity index (χ1n) is 7.95. The van der Waals surface area contributed by atoms with Crippen LogP contribution < -0.4 is 14.9 Å². The van der Waals surface area contributed by atoms with Crippen LogP contribution in [0.25, 0.3) is 0 Å². The number of rotatable bonds is 6. The van der Waals surface area contributed by atoms with Crippen LogP contribution in [-0.2, 0) is 0 Å². The van der Waals surface area contributed by atoms with Gasteiger partial charge in [-0.1, -0.05) is 23.8 Å². The zero-order chi connectivity index (χ0) is 18.4. The standard InChI is InChI=1S/C20H18N2O3S/c1-14-5-8-16(9-6-14)22-21-13-15-7-10-17(18(12-15)24-2)25-20(23)19-4-3-11-26-19/h3-13,22H,1-2H3/b21-13+. The van der Waals surface area contributed by atoms with E-state index in [-0.39, 0.29) is 0 Å². The zero-order valence-corrected chi connectivity index (χ0v) is 15.2. The monoisotopic (exact) mass is 366 g/mol. The fourth-order valence-corrected chi connectivity index (χ4v) is 2.80. The van der Waals surface area contributed by atoms with E-state index in [2.05, 4.69) is 10.5 Å². The number of nitrogens with one attached hydrogen (secondary N) is 1. The summed E-state index contributed by atoms with van der Waals surface area (Å²) in [7, 11) is 1.53. The third kappa shape index (κ3) is 4.49. The van der Waals surface area contributed by atoms with Crippen LogP contribution in [0, 0.1) is 6.92 Å². The summed E-state index contributed by atoms with van der Waals surface area (Å²) in [5, 5.41) is 6.04. The SMILES string of the molecule is COc1cc(/C=N/Nc2ccc(C)cc2)ccc1OC(=O)c1cccs1. The van der Waals surface area contributed by atoms with Gasteiger partial charge in [0.15, 0.2) is 11.5 Å². The van der Waals surface area contributed by atoms with E-state index in [1.807, 2.05) is 36.6 Å². The molecule has 0 bridgehead atoms. The van der Waals surface area contributed by atoms with Crippen LogP contribution in [0.1, 0.15) is 20.8 Å². The van der Waals surface area contributed by atoms with Gasteiger partial charge < -0.3 is 9.47 Å². The van der Waals surface area contributed by atoms with E-state index < -0.39 is 5.97 Å². The van der Waals surface area contributed by atoms with Crippen molar-refractivity contribution in [3.8, 4) is 11.5 Å². The van der Waals surface area contributed by atoms with E-state index in [4.69, 9.17) is 9.47 Å². The number of anilines is 1. The van der Waals surface area contributed by atoms with E-state index in [1.165, 1.54) is 24.0 Å². The lowest BCUT2D eigenvalue weighted by molar-refractivity contribution is 0.0735. The molecule has 0 saturated carbocycles. The number of nitrogens with zero attached hydrogens (tertiary/aromatic N) is 1. The molecule has 26 heavy (non-hydrogen) atoms. The highest BCUT2D eigenvalue weighted by molar-refractivity contribution is 7.12. The van der Waals surface area contributed by atoms with E-state index in [9.17, 15) is 4.79 Å². The molecule has 1 heterocycles. The quantitative estimate of drug-likeness (QED) is 0.296. The van der Waals surface area contributed by atoms with Crippen LogP contribution in [0.2, 0.25) is 0 Å². The number of carbonyl (C=O) groups excluding carboxylic acids is 1. The molecule has 0 radical (unpaired) electrons. The Morgan fingerprint density at radius 2 is 1.92 bits per heavy atom. The summed E-state index contributed by atoms with van der Waals surface area (Å²) in [6.45, 7) is 2.03. The van der Waals surface area contributed by atoms with Crippen molar-refractivity contribution in [2.24, 2.45) is 5.10 Å². The second-order valence-electron chi connectivity index (χ2n) is 5.51. The minimum Gasteiger partial charge on any atom is -0.493 e. The van der Waals surface area contributed by atoms with Gasteiger partial charge in [-0.05, 0) is 54.3 Å². The molecule has 6 heteroatoms. The minimum atomic E-state index is -0.402. The molecule has 0 aliphatic rings. The maximum Gasteiger partial charge on any atom is 0.353 e. The van der Waals surface area contributed by atoms with E-state index in [0.29, 0.717) is 16.4 Å². The number of hydrogen-bond acceptors (Lipinski definition) is 6. The predicted molar refractivity (Wildman–Crippen MR) is 105 cm³/mol. The van der Waals surface area contributed by atoms with E-state index in [1.54, 1.807) is 36.5 Å². The average molecular weight is 366 g/mol. The maximum absolute atomic E-state index is 12.1. The molecule has 0 spiro atoms. The Morgan fingerprint density at radius 3 is 2.62 bits per heavy atom. The summed E-state index contributed by atoms with van der Waals surface area (Å²) < 4.78 is 10.7. The lowest BCUT2D eigenvalue weighted by Crippen LogP contribution is -2.07. The summed E-state index contributed by atoms with van der Waals surface area (Å²) in [6, 6.07) is 16.7. The summed E-state index contributed by atoms with van der Waals surface area (Å²) in [6.07, 6.45) is 1.67. The number of thiophene rings is 1. The van der Waals surface area contributed by atoms with Gasteiger partial charge in [0.25, 0.3) is 0 Å². The summed E-state index contributed by atoms with van der Waals surface area (Å²) in [4.78, 5) is 12.6. The predicted octanol–water partition coefficient (Wildman–Crippen LogP) is 4.73. The number of hydrogen-bond donors (Lipinski definition) is 1. The van der Waals surface area contributed by atoms with Gasteiger partial charge in [0.05, 0.1) is 19.0 Å². The second kappa shape index (κ2) is 8.31. The van der Waals surface area contributed by atoms with Crippen LogP contribution in [0.15, 0.2) is 65.1 Å². The van der Waals surface area contributed by atoms with E-state index >= 15 is 0 Å². The molecule has 1 N–H and O–H groups in total. The normalized spacial score (nSPS) is 10.7. The molecule has 0 atom stereocenters. The highest BCUT2D eigenvalue weighted by Crippen LogP contribution is 2.28. The van der Waals surface area contributed by atoms with Crippen molar-refractivity contribution in [2.45, 2.75) is 6.92 Å². The molecule has 0 aliphatic heterocycles. The van der Waals surface area contributed by atoms with Gasteiger partial charge in [-0.3, -0.25) is 5.43 Å². The number of esters is 1. The number of aryl methyl sites for hydroxylation is 1. The largest absolute Gasteiger partial charge is 0.493 e. The van der Waals surface area contributed by atoms with Gasteiger partial charge in [0.1, 0.15) is 4.88 Å². The fraction of sp³-hybridized carbons (Fsp3) is 0.100. The molecule has 0 saturated heterocycles. The van der Waals surface area contributed by atoms with Gasteiger partial charge in [-0.25, -0.2) is 4.79 Å². The van der Waals surface area contributed by atoms with Gasteiger partial charge >= 0.3 is 5.97 Å². The Balaban J connectivity index is 1.68. The lowest BCUT2D eigenvalue weighted by Gasteiger charge is -2.09. The smallest absolute Gasteiger partial charge is 0.353 e. The lowest BCUT2D eigenvalue weighted by atomic mass is 10.2. The Bertz CT molecular complexity index is 903. The Kier molecular flexibility index (Phi) is 5.66. The Hall–Kier alpha value is -3.12. The molecule has 5 nitrogen and oxygen atoms in total. The van der Waals surface area contributed by atoms with Crippen LogP contribution in [-0.4, -0.2) is 19.3 Å². The minimum absolute atomic E-state index is 0.370. The molecule has 1 aromatic heterocycles. The highest BCUT2D eigenvalue weighted by atomic mass is 32.1. The molecule has 3 aromatic rings. The molecule has 0 fully saturated rings. The number of benzene rings is 2. The molecular weight excluding hydrogens is 348 g/mol. The molecule has 3 rings (SSSR count). The van der Waals surface area contributed by atoms with E-state index in [0.717, 1.165) is 11.3 Å². The van der Waals surface area contributed by atoms with Crippen molar-refractivity contribution in [1.82, 2.24) is 0 Å². The second-order valence-corrected chi connectivity index (χ2v) is 6.46. The summed E-state index contributed by atoms with van der Waals surface area (Å²) >= 11 is 1.33. The van der Waals surface area contributed by atoms with Crippen LogP contribution in [0.5, 0.6) is 11.5 Å². The fourth-order valence-electron chi connectivity index (χ4n) is 2.20. The molecular formula is C20H18N2O3S. The van der Waals surface area contributed by atoms with Gasteiger partial charge in [0, 0.05) is 0 Å². The van der Waals surface area contributed by atoms with Crippen LogP contribution >= 0.6 is 11.3 Å². The molecule has 0 amide bonds. The number of hydrazone groups is 1. The third-order valence-corrected chi connectivity index (χ3v) is 4.42. The van der Waals surface area contributed by atoms with Crippen molar-refractivity contribution in [3.05, 3.63) is 76.0 Å². The van der Waals surface area contributed by atoms with Crippen molar-refractivity contribution >= 4 is 29.2 Å². The van der Waals surface area contributed by atoms with Crippen molar-refractivity contribution in [2.75, 3.05) is 12.5 Å². The number of carbonyl (C=O) groups is 1. The zero-order valence-electron chi connectivity index (χ0n) is 14.4. The summed E-state index contributed by atoms with van der Waals surface area (Å²) in [5.74, 6) is 0.435. The van der Waals surface area contributed by atoms with Crippen molar-refractivity contribution in [3.63, 3.8) is 0 Å². The van der Waals surface area contributed by atoms with Crippen molar-refractivity contribution < 1.29 is 14.3 Å². The number of ether oxygens (including phenoxy) is 2. The summed E-state index contributed by atoms with van der Waals surface area (Å²) in [5.41, 5.74) is 5.88. The highest BCUT2D eigenvalue weighted by Gasteiger charge is 2.13. The first-order chi connectivity index (χ1) is 12.7. The van der Waals surface area contributed by atoms with Gasteiger partial charge in [-0.2, -0.15) is 5.10 Å². The van der Waals surface area contributed by atoms with Crippen LogP contribution in [0.4, 0.5) is 5.69 Å². The molecule has 0 aliphatic carbocycles. The van der Waals surface area contributed by atoms with Crippen molar-refractivity contribution in [1.29, 1.82) is 0 Å². The van der Waals surface area contributed by atoms with Gasteiger partial charge in [-0.15, -0.1) is 11.3 Å². The van der Waals surface area contributed by atoms with Crippen LogP contribution in [0.3, 0.4) is 0 Å². The first kappa shape index (κ1) is 17.7. The first-order valence-corrected chi connectivity index (χ1v) is 8.83. The molecule has 2 aromatic carbocycles. The third-order valence-electron chi connectivity index (χ3n) is 3.57. The number of methoxy groups -OCH3 is 1. The Labute approximate surface area is 155 Å². The molecule has 0 unspecified atom stereocenters. The topological polar surface area (TPSA) is 59.9 Å². The Morgan fingerprint density at radius 1 is 1.12 bits per heavy atom. The maximum atomic E-state index is 12.1. The molecule has 132 valence electrons.